The molecule has 0 saturated carbocycles. The molecule has 2 aromatic carbocycles. The quantitative estimate of drug-likeness (QED) is 0.417. The van der Waals surface area contributed by atoms with Crippen LogP contribution in [0.2, 0.25) is 0 Å². The lowest BCUT2D eigenvalue weighted by Crippen LogP contribution is -2.36. The first-order valence-electron chi connectivity index (χ1n) is 8.06. The van der Waals surface area contributed by atoms with Crippen molar-refractivity contribution in [1.82, 2.24) is 0 Å². The highest BCUT2D eigenvalue weighted by Crippen LogP contribution is 2.15. The molecule has 3 heteroatoms. The Morgan fingerprint density at radius 1 is 0.875 bits per heavy atom. The highest BCUT2D eigenvalue weighted by molar-refractivity contribution is 14.0. The Kier molecular flexibility index (Phi) is 6.37. The predicted molar refractivity (Wildman–Crippen MR) is 115 cm³/mol. The van der Waals surface area contributed by atoms with Gasteiger partial charge in [0, 0.05) is 43.4 Å². The summed E-state index contributed by atoms with van der Waals surface area (Å²) in [6.45, 7) is 3.15. The fraction of sp³-hybridized carbons (Fsp3) is 0.190. The lowest BCUT2D eigenvalue weighted by molar-refractivity contribution is -0.669. The smallest absolute Gasteiger partial charge is 0.212 e. The highest BCUT2D eigenvalue weighted by Gasteiger charge is 2.10. The third-order valence-electron chi connectivity index (χ3n) is 4.15. The van der Waals surface area contributed by atoms with Crippen LogP contribution in [0.3, 0.4) is 0 Å². The van der Waals surface area contributed by atoms with E-state index in [1.54, 1.807) is 0 Å². The summed E-state index contributed by atoms with van der Waals surface area (Å²) in [6.07, 6.45) is 4.37. The topological polar surface area (TPSA) is 7.12 Å². The summed E-state index contributed by atoms with van der Waals surface area (Å²) >= 11 is 0. The molecule has 124 valence electrons. The van der Waals surface area contributed by atoms with E-state index in [0.29, 0.717) is 0 Å². The number of anilines is 1. The molecule has 0 N–H and O–H groups in total. The third-order valence-corrected chi connectivity index (χ3v) is 4.15. The fourth-order valence-corrected chi connectivity index (χ4v) is 2.84. The van der Waals surface area contributed by atoms with Crippen molar-refractivity contribution in [3.05, 3.63) is 71.9 Å². The number of halogens is 1. The first kappa shape index (κ1) is 18.5. The molecule has 1 heterocycles. The van der Waals surface area contributed by atoms with Gasteiger partial charge in [0.15, 0.2) is 0 Å². The van der Waals surface area contributed by atoms with Crippen molar-refractivity contribution in [3.8, 4) is 0 Å². The summed E-state index contributed by atoms with van der Waals surface area (Å²) in [5, 5.41) is 1.28. The van der Waals surface area contributed by atoms with E-state index in [4.69, 9.17) is 0 Å². The number of pyridine rings is 1. The first-order valence-corrected chi connectivity index (χ1v) is 8.06. The Labute approximate surface area is 161 Å². The Hall–Kier alpha value is -1.88. The van der Waals surface area contributed by atoms with Gasteiger partial charge in [-0.05, 0) is 42.8 Å². The van der Waals surface area contributed by atoms with Crippen LogP contribution in [-0.4, -0.2) is 14.1 Å². The number of hydrogen-bond acceptors (Lipinski definition) is 1. The molecule has 3 aromatic rings. The molecule has 0 unspecified atom stereocenters. The summed E-state index contributed by atoms with van der Waals surface area (Å²) in [5.41, 5.74) is 4.94. The van der Waals surface area contributed by atoms with Crippen LogP contribution in [0.1, 0.15) is 18.2 Å². The number of aryl methyl sites for hydroxylation is 1. The van der Waals surface area contributed by atoms with Crippen molar-refractivity contribution in [2.24, 2.45) is 0 Å². The number of nitrogens with zero attached hydrogens (tertiary/aromatic N) is 2. The van der Waals surface area contributed by atoms with Crippen molar-refractivity contribution >= 4 is 52.7 Å². The predicted octanol–water partition coefficient (Wildman–Crippen LogP) is 5.00. The van der Waals surface area contributed by atoms with Crippen molar-refractivity contribution < 1.29 is 4.57 Å². The molecule has 0 fully saturated rings. The molecule has 0 spiro atoms. The average Bonchev–Trinajstić information content (AvgIpc) is 2.59. The van der Waals surface area contributed by atoms with Crippen LogP contribution in [0.4, 0.5) is 5.69 Å². The Bertz CT molecular complexity index is 836. The van der Waals surface area contributed by atoms with Crippen LogP contribution in [-0.2, 0) is 6.54 Å². The number of para-hydroxylation sites is 1. The van der Waals surface area contributed by atoms with Crippen LogP contribution in [0.15, 0.2) is 60.7 Å². The van der Waals surface area contributed by atoms with Gasteiger partial charge in [0.2, 0.25) is 11.2 Å². The highest BCUT2D eigenvalue weighted by atomic mass is 127. The summed E-state index contributed by atoms with van der Waals surface area (Å²) in [4.78, 5) is 2.11. The number of fused-ring (bicyclic) bond motifs is 1. The number of rotatable bonds is 4. The van der Waals surface area contributed by atoms with Gasteiger partial charge in [0.1, 0.15) is 6.54 Å². The van der Waals surface area contributed by atoms with E-state index in [9.17, 15) is 0 Å². The van der Waals surface area contributed by atoms with Crippen LogP contribution in [0.5, 0.6) is 0 Å². The van der Waals surface area contributed by atoms with Crippen LogP contribution in [0.25, 0.3) is 23.1 Å². The molecule has 0 bridgehead atoms. The van der Waals surface area contributed by atoms with Crippen LogP contribution < -0.4 is 9.47 Å². The maximum absolute atomic E-state index is 2.35. The summed E-state index contributed by atoms with van der Waals surface area (Å²) in [6, 6.07) is 21.5. The van der Waals surface area contributed by atoms with Gasteiger partial charge in [-0.2, -0.15) is 4.57 Å². The molecule has 0 radical (unpaired) electrons. The second kappa shape index (κ2) is 8.29. The van der Waals surface area contributed by atoms with Gasteiger partial charge in [-0.15, -0.1) is 24.0 Å². The van der Waals surface area contributed by atoms with Crippen molar-refractivity contribution in [2.75, 3.05) is 19.0 Å². The fourth-order valence-electron chi connectivity index (χ4n) is 2.84. The lowest BCUT2D eigenvalue weighted by atomic mass is 10.1. The zero-order chi connectivity index (χ0) is 16.2. The molecule has 0 aliphatic rings. The minimum Gasteiger partial charge on any atom is -0.378 e. The summed E-state index contributed by atoms with van der Waals surface area (Å²) in [7, 11) is 4.12. The Morgan fingerprint density at radius 2 is 1.58 bits per heavy atom. The molecule has 0 aliphatic heterocycles. The SMILES string of the molecule is CC[n+]1c(/C=C/c2ccc(N(C)C)cc2)ccc2ccccc21.I. The van der Waals surface area contributed by atoms with E-state index in [1.165, 1.54) is 27.8 Å². The molecule has 24 heavy (non-hydrogen) atoms. The molecule has 0 aliphatic carbocycles. The normalized spacial score (nSPS) is 10.8. The molecular formula is C21H24IN2+. The zero-order valence-electron chi connectivity index (χ0n) is 14.4. The van der Waals surface area contributed by atoms with E-state index in [1.807, 2.05) is 0 Å². The van der Waals surface area contributed by atoms with Gasteiger partial charge < -0.3 is 4.90 Å². The van der Waals surface area contributed by atoms with E-state index >= 15 is 0 Å². The molecular weight excluding hydrogens is 407 g/mol. The Balaban J connectivity index is 0.00000208. The summed E-state index contributed by atoms with van der Waals surface area (Å²) in [5.74, 6) is 0. The van der Waals surface area contributed by atoms with Gasteiger partial charge in [0.05, 0.1) is 0 Å². The van der Waals surface area contributed by atoms with Gasteiger partial charge in [-0.3, -0.25) is 0 Å². The van der Waals surface area contributed by atoms with Crippen LogP contribution >= 0.6 is 24.0 Å². The minimum atomic E-state index is 0. The van der Waals surface area contributed by atoms with E-state index in [-0.39, 0.29) is 24.0 Å². The molecule has 2 nitrogen and oxygen atoms in total. The second-order valence-electron chi connectivity index (χ2n) is 5.88. The van der Waals surface area contributed by atoms with Crippen LogP contribution in [0, 0.1) is 0 Å². The molecule has 0 atom stereocenters. The van der Waals surface area contributed by atoms with Gasteiger partial charge in [-0.1, -0.05) is 24.3 Å². The number of benzene rings is 2. The van der Waals surface area contributed by atoms with Crippen molar-refractivity contribution in [3.63, 3.8) is 0 Å². The standard InChI is InChI=1S/C21H23N2.HI/c1-4-23-20(16-12-18-7-5-6-8-21(18)23)15-11-17-9-13-19(14-10-17)22(2)3;/h5-16H,4H2,1-3H3;1H/q+1;. The van der Waals surface area contributed by atoms with Crippen molar-refractivity contribution in [1.29, 1.82) is 0 Å². The van der Waals surface area contributed by atoms with Gasteiger partial charge in [0.25, 0.3) is 0 Å². The third kappa shape index (κ3) is 3.96. The molecule has 0 saturated heterocycles. The Morgan fingerprint density at radius 3 is 2.25 bits per heavy atom. The number of hydrogen-bond donors (Lipinski definition) is 0. The monoisotopic (exact) mass is 431 g/mol. The lowest BCUT2D eigenvalue weighted by Gasteiger charge is -2.11. The largest absolute Gasteiger partial charge is 0.378 e. The average molecular weight is 431 g/mol. The molecule has 3 rings (SSSR count). The van der Waals surface area contributed by atoms with E-state index < -0.39 is 0 Å². The number of aromatic nitrogens is 1. The van der Waals surface area contributed by atoms with Gasteiger partial charge in [-0.25, -0.2) is 0 Å². The first-order chi connectivity index (χ1) is 11.2. The zero-order valence-corrected chi connectivity index (χ0v) is 16.8. The maximum atomic E-state index is 2.35. The maximum Gasteiger partial charge on any atom is 0.212 e. The minimum absolute atomic E-state index is 0. The summed E-state index contributed by atoms with van der Waals surface area (Å²) < 4.78 is 2.35. The van der Waals surface area contributed by atoms with E-state index in [2.05, 4.69) is 103 Å². The second-order valence-corrected chi connectivity index (χ2v) is 5.88. The van der Waals surface area contributed by atoms with Gasteiger partial charge >= 0.3 is 0 Å². The molecule has 1 aromatic heterocycles. The van der Waals surface area contributed by atoms with Crippen molar-refractivity contribution in [2.45, 2.75) is 13.5 Å². The molecule has 0 amide bonds. The van der Waals surface area contributed by atoms with E-state index in [0.717, 1.165) is 6.54 Å².